The molecule has 2 aromatic carbocycles. The fourth-order valence-electron chi connectivity index (χ4n) is 3.61. The number of aryl methyl sites for hydroxylation is 1. The van der Waals surface area contributed by atoms with Gasteiger partial charge in [-0.05, 0) is 30.5 Å². The maximum absolute atomic E-state index is 13.2. The highest BCUT2D eigenvalue weighted by molar-refractivity contribution is 9.10. The van der Waals surface area contributed by atoms with Gasteiger partial charge in [0.25, 0.3) is 0 Å². The number of hydrogen-bond acceptors (Lipinski definition) is 3. The fraction of sp³-hybridized carbons (Fsp3) is 0.435. The number of carbonyl (C=O) groups excluding carboxylic acids is 1. The van der Waals surface area contributed by atoms with E-state index in [2.05, 4.69) is 46.0 Å². The van der Waals surface area contributed by atoms with E-state index in [4.69, 9.17) is 4.74 Å². The van der Waals surface area contributed by atoms with Crippen molar-refractivity contribution in [3.05, 3.63) is 70.2 Å². The predicted octanol–water partition coefficient (Wildman–Crippen LogP) is 4.13. The van der Waals surface area contributed by atoms with Gasteiger partial charge in [0.05, 0.1) is 13.2 Å². The third kappa shape index (κ3) is 6.16. The molecule has 0 bridgehead atoms. The summed E-state index contributed by atoms with van der Waals surface area (Å²) < 4.78 is 6.53. The normalized spacial score (nSPS) is 15.9. The van der Waals surface area contributed by atoms with Gasteiger partial charge in [0.2, 0.25) is 5.91 Å². The lowest BCUT2D eigenvalue weighted by atomic mass is 10.1. The summed E-state index contributed by atoms with van der Waals surface area (Å²) in [6, 6.07) is 18.6. The Morgan fingerprint density at radius 2 is 1.79 bits per heavy atom. The Labute approximate surface area is 176 Å². The van der Waals surface area contributed by atoms with Gasteiger partial charge in [-0.15, -0.1) is 0 Å². The molecule has 150 valence electrons. The zero-order chi connectivity index (χ0) is 19.8. The SMILES string of the molecule is CC(CN1CCOCC1)N(Cc1ccccc1)C(=O)CCc1ccccc1Br. The summed E-state index contributed by atoms with van der Waals surface area (Å²) in [7, 11) is 0. The molecule has 2 aromatic rings. The van der Waals surface area contributed by atoms with E-state index in [1.807, 2.05) is 41.3 Å². The monoisotopic (exact) mass is 444 g/mol. The first-order valence-corrected chi connectivity index (χ1v) is 10.8. The number of amides is 1. The van der Waals surface area contributed by atoms with Gasteiger partial charge in [0.1, 0.15) is 0 Å². The van der Waals surface area contributed by atoms with Gasteiger partial charge in [-0.3, -0.25) is 9.69 Å². The van der Waals surface area contributed by atoms with Gasteiger partial charge < -0.3 is 9.64 Å². The number of rotatable bonds is 8. The minimum atomic E-state index is 0.157. The maximum atomic E-state index is 13.2. The van der Waals surface area contributed by atoms with E-state index in [1.54, 1.807) is 0 Å². The average Bonchev–Trinajstić information content (AvgIpc) is 2.72. The van der Waals surface area contributed by atoms with Gasteiger partial charge >= 0.3 is 0 Å². The Morgan fingerprint density at radius 3 is 2.50 bits per heavy atom. The molecule has 1 atom stereocenters. The van der Waals surface area contributed by atoms with Crippen LogP contribution in [0.5, 0.6) is 0 Å². The average molecular weight is 445 g/mol. The van der Waals surface area contributed by atoms with Crippen molar-refractivity contribution in [3.63, 3.8) is 0 Å². The molecule has 1 aliphatic heterocycles. The second-order valence-electron chi connectivity index (χ2n) is 7.36. The number of benzene rings is 2. The lowest BCUT2D eigenvalue weighted by Crippen LogP contribution is -2.48. The van der Waals surface area contributed by atoms with Crippen molar-refractivity contribution < 1.29 is 9.53 Å². The molecule has 1 saturated heterocycles. The first kappa shape index (κ1) is 21.0. The molecule has 3 rings (SSSR count). The van der Waals surface area contributed by atoms with E-state index >= 15 is 0 Å². The standard InChI is InChI=1S/C23H29BrN2O2/c1-19(17-25-13-15-28-16-14-25)26(18-20-7-3-2-4-8-20)23(27)12-11-21-9-5-6-10-22(21)24/h2-10,19H,11-18H2,1H3. The number of ether oxygens (including phenoxy) is 1. The summed E-state index contributed by atoms with van der Waals surface area (Å²) in [5.41, 5.74) is 2.35. The Hall–Kier alpha value is -1.69. The van der Waals surface area contributed by atoms with Crippen molar-refractivity contribution in [1.82, 2.24) is 9.80 Å². The van der Waals surface area contributed by atoms with Crippen LogP contribution in [0.15, 0.2) is 59.1 Å². The van der Waals surface area contributed by atoms with Gasteiger partial charge in [-0.1, -0.05) is 64.5 Å². The number of halogens is 1. The molecule has 0 spiro atoms. The van der Waals surface area contributed by atoms with Crippen molar-refractivity contribution in [1.29, 1.82) is 0 Å². The molecule has 0 aromatic heterocycles. The van der Waals surface area contributed by atoms with E-state index in [-0.39, 0.29) is 11.9 Å². The van der Waals surface area contributed by atoms with E-state index in [1.165, 1.54) is 11.1 Å². The Balaban J connectivity index is 1.67. The summed E-state index contributed by atoms with van der Waals surface area (Å²) in [5.74, 6) is 0.209. The Morgan fingerprint density at radius 1 is 1.11 bits per heavy atom. The number of morpholine rings is 1. The fourth-order valence-corrected chi connectivity index (χ4v) is 4.10. The second kappa shape index (κ2) is 10.7. The van der Waals surface area contributed by atoms with Crippen molar-refractivity contribution in [2.75, 3.05) is 32.8 Å². The topological polar surface area (TPSA) is 32.8 Å². The molecular weight excluding hydrogens is 416 g/mol. The highest BCUT2D eigenvalue weighted by atomic mass is 79.9. The molecule has 1 amide bonds. The smallest absolute Gasteiger partial charge is 0.223 e. The van der Waals surface area contributed by atoms with Crippen LogP contribution in [0.4, 0.5) is 0 Å². The molecule has 1 unspecified atom stereocenters. The summed E-state index contributed by atoms with van der Waals surface area (Å²) in [5, 5.41) is 0. The second-order valence-corrected chi connectivity index (χ2v) is 8.21. The minimum absolute atomic E-state index is 0.157. The summed E-state index contributed by atoms with van der Waals surface area (Å²) in [6.07, 6.45) is 1.26. The quantitative estimate of drug-likeness (QED) is 0.613. The first-order chi connectivity index (χ1) is 13.6. The Kier molecular flexibility index (Phi) is 8.07. The molecule has 1 aliphatic rings. The van der Waals surface area contributed by atoms with Gasteiger partial charge in [0, 0.05) is 43.1 Å². The van der Waals surface area contributed by atoms with Crippen LogP contribution in [-0.2, 0) is 22.5 Å². The highest BCUT2D eigenvalue weighted by Gasteiger charge is 2.23. The zero-order valence-electron chi connectivity index (χ0n) is 16.5. The molecule has 0 N–H and O–H groups in total. The van der Waals surface area contributed by atoms with Crippen molar-refractivity contribution in [2.45, 2.75) is 32.4 Å². The van der Waals surface area contributed by atoms with E-state index in [0.29, 0.717) is 13.0 Å². The zero-order valence-corrected chi connectivity index (χ0v) is 18.1. The van der Waals surface area contributed by atoms with Crippen molar-refractivity contribution in [2.24, 2.45) is 0 Å². The lowest BCUT2D eigenvalue weighted by molar-refractivity contribution is -0.134. The molecule has 5 heteroatoms. The maximum Gasteiger partial charge on any atom is 0.223 e. The molecule has 0 aliphatic carbocycles. The van der Waals surface area contributed by atoms with Crippen LogP contribution in [0, 0.1) is 0 Å². The number of carbonyl (C=O) groups is 1. The van der Waals surface area contributed by atoms with E-state index < -0.39 is 0 Å². The summed E-state index contributed by atoms with van der Waals surface area (Å²) >= 11 is 3.59. The molecule has 28 heavy (non-hydrogen) atoms. The summed E-state index contributed by atoms with van der Waals surface area (Å²) in [4.78, 5) is 17.6. The minimum Gasteiger partial charge on any atom is -0.379 e. The predicted molar refractivity (Wildman–Crippen MR) is 116 cm³/mol. The molecule has 0 radical (unpaired) electrons. The third-order valence-electron chi connectivity index (χ3n) is 5.24. The molecular formula is C23H29BrN2O2. The van der Waals surface area contributed by atoms with Crippen LogP contribution < -0.4 is 0 Å². The van der Waals surface area contributed by atoms with Gasteiger partial charge in [-0.25, -0.2) is 0 Å². The van der Waals surface area contributed by atoms with E-state index in [9.17, 15) is 4.79 Å². The van der Waals surface area contributed by atoms with Crippen molar-refractivity contribution in [3.8, 4) is 0 Å². The van der Waals surface area contributed by atoms with Gasteiger partial charge in [-0.2, -0.15) is 0 Å². The molecule has 1 fully saturated rings. The largest absolute Gasteiger partial charge is 0.379 e. The van der Waals surface area contributed by atoms with Crippen LogP contribution in [0.2, 0.25) is 0 Å². The number of nitrogens with zero attached hydrogens (tertiary/aromatic N) is 2. The van der Waals surface area contributed by atoms with Crippen LogP contribution in [0.25, 0.3) is 0 Å². The van der Waals surface area contributed by atoms with Crippen LogP contribution >= 0.6 is 15.9 Å². The third-order valence-corrected chi connectivity index (χ3v) is 6.01. The van der Waals surface area contributed by atoms with Crippen LogP contribution in [0.1, 0.15) is 24.5 Å². The van der Waals surface area contributed by atoms with E-state index in [0.717, 1.165) is 43.7 Å². The first-order valence-electron chi connectivity index (χ1n) is 10.0. The molecule has 4 nitrogen and oxygen atoms in total. The van der Waals surface area contributed by atoms with Crippen LogP contribution in [-0.4, -0.2) is 54.6 Å². The molecule has 0 saturated carbocycles. The Bertz CT molecular complexity index is 747. The molecule has 1 heterocycles. The lowest BCUT2D eigenvalue weighted by Gasteiger charge is -2.35. The van der Waals surface area contributed by atoms with Crippen LogP contribution in [0.3, 0.4) is 0 Å². The summed E-state index contributed by atoms with van der Waals surface area (Å²) in [6.45, 7) is 7.14. The number of hydrogen-bond donors (Lipinski definition) is 0. The van der Waals surface area contributed by atoms with Gasteiger partial charge in [0.15, 0.2) is 0 Å². The highest BCUT2D eigenvalue weighted by Crippen LogP contribution is 2.19. The van der Waals surface area contributed by atoms with Crippen molar-refractivity contribution >= 4 is 21.8 Å².